The quantitative estimate of drug-likeness (QED) is 0.481. The smallest absolute Gasteiger partial charge is 0.339 e. The van der Waals surface area contributed by atoms with Gasteiger partial charge in [-0.25, -0.2) is 9.18 Å². The number of aromatic carboxylic acids is 1. The summed E-state index contributed by atoms with van der Waals surface area (Å²) in [6.45, 7) is 8.35. The molecule has 0 saturated heterocycles. The zero-order valence-electron chi connectivity index (χ0n) is 18.4. The summed E-state index contributed by atoms with van der Waals surface area (Å²) in [6, 6.07) is 2.02. The van der Waals surface area contributed by atoms with E-state index in [1.807, 2.05) is 0 Å². The first-order valence-electron chi connectivity index (χ1n) is 10.1. The van der Waals surface area contributed by atoms with Crippen LogP contribution in [0, 0.1) is 11.2 Å². The Labute approximate surface area is 180 Å². The van der Waals surface area contributed by atoms with Gasteiger partial charge in [-0.2, -0.15) is 0 Å². The molecule has 8 nitrogen and oxygen atoms in total. The lowest BCUT2D eigenvalue weighted by Gasteiger charge is -2.36. The third-order valence-corrected chi connectivity index (χ3v) is 4.91. The molecule has 0 amide bonds. The molecule has 0 aromatic heterocycles. The van der Waals surface area contributed by atoms with Crippen LogP contribution in [-0.4, -0.2) is 45.9 Å². The van der Waals surface area contributed by atoms with E-state index in [9.17, 15) is 29.0 Å². The molecule has 0 aliphatic heterocycles. The highest BCUT2D eigenvalue weighted by atomic mass is 19.1. The lowest BCUT2D eigenvalue weighted by molar-refractivity contribution is -0.180. The van der Waals surface area contributed by atoms with E-state index in [0.29, 0.717) is 0 Å². The summed E-state index contributed by atoms with van der Waals surface area (Å²) in [7, 11) is 0. The molecule has 1 saturated carbocycles. The highest BCUT2D eigenvalue weighted by molar-refractivity contribution is 5.99. The molecule has 172 valence electrons. The minimum Gasteiger partial charge on any atom is -0.490 e. The zero-order valence-corrected chi connectivity index (χ0v) is 18.4. The second kappa shape index (κ2) is 9.11. The van der Waals surface area contributed by atoms with E-state index in [-0.39, 0.29) is 48.8 Å². The van der Waals surface area contributed by atoms with Gasteiger partial charge in [-0.1, -0.05) is 0 Å². The summed E-state index contributed by atoms with van der Waals surface area (Å²) in [5.74, 6) is -4.53. The van der Waals surface area contributed by atoms with Gasteiger partial charge in [0.15, 0.2) is 17.0 Å². The number of hydrogen-bond donors (Lipinski definition) is 2. The van der Waals surface area contributed by atoms with E-state index in [1.165, 1.54) is 0 Å². The molecule has 1 aliphatic carbocycles. The highest BCUT2D eigenvalue weighted by Crippen LogP contribution is 2.41. The second-order valence-corrected chi connectivity index (χ2v) is 8.96. The normalized spacial score (nSPS) is 21.5. The lowest BCUT2D eigenvalue weighted by atomic mass is 9.73. The van der Waals surface area contributed by atoms with Gasteiger partial charge in [-0.05, 0) is 60.3 Å². The first-order chi connectivity index (χ1) is 14.2. The summed E-state index contributed by atoms with van der Waals surface area (Å²) in [6.07, 6.45) is -0.675. The Kier molecular flexibility index (Phi) is 7.18. The van der Waals surface area contributed by atoms with E-state index < -0.39 is 40.8 Å². The standard InChI is InChI=1S/C22H29FO8/c1-12(2)29-16-11-15(23)17(10-14(16)18(24)25)30-13-6-8-22(9-7-13,19(26)27)20(28)31-21(3,4)5/h10-13H,6-9H2,1-5H3,(H,24,25)(H,26,27). The molecule has 1 aromatic rings. The molecule has 2 rings (SSSR count). The topological polar surface area (TPSA) is 119 Å². The van der Waals surface area contributed by atoms with E-state index in [2.05, 4.69) is 0 Å². The lowest BCUT2D eigenvalue weighted by Crippen LogP contribution is -2.47. The van der Waals surface area contributed by atoms with Crippen LogP contribution in [0.4, 0.5) is 4.39 Å². The molecular formula is C22H29FO8. The highest BCUT2D eigenvalue weighted by Gasteiger charge is 2.51. The van der Waals surface area contributed by atoms with E-state index in [4.69, 9.17) is 14.2 Å². The molecule has 1 aliphatic rings. The fourth-order valence-electron chi connectivity index (χ4n) is 3.41. The van der Waals surface area contributed by atoms with Gasteiger partial charge in [0.25, 0.3) is 0 Å². The van der Waals surface area contributed by atoms with Crippen molar-refractivity contribution in [1.29, 1.82) is 0 Å². The fraction of sp³-hybridized carbons (Fsp3) is 0.591. The fourth-order valence-corrected chi connectivity index (χ4v) is 3.41. The van der Waals surface area contributed by atoms with Crippen molar-refractivity contribution in [1.82, 2.24) is 0 Å². The summed E-state index contributed by atoms with van der Waals surface area (Å²) in [5.41, 5.74) is -2.76. The molecule has 0 radical (unpaired) electrons. The zero-order chi connectivity index (χ0) is 23.6. The van der Waals surface area contributed by atoms with Crippen LogP contribution < -0.4 is 9.47 Å². The number of benzene rings is 1. The molecule has 0 atom stereocenters. The molecule has 9 heteroatoms. The largest absolute Gasteiger partial charge is 0.490 e. The van der Waals surface area contributed by atoms with Crippen LogP contribution in [0.5, 0.6) is 11.5 Å². The Morgan fingerprint density at radius 1 is 1.10 bits per heavy atom. The monoisotopic (exact) mass is 440 g/mol. The molecular weight excluding hydrogens is 411 g/mol. The summed E-state index contributed by atoms with van der Waals surface area (Å²) < 4.78 is 30.8. The molecule has 1 aromatic carbocycles. The van der Waals surface area contributed by atoms with Gasteiger partial charge in [-0.15, -0.1) is 0 Å². The van der Waals surface area contributed by atoms with Crippen LogP contribution in [0.1, 0.15) is 70.7 Å². The van der Waals surface area contributed by atoms with Crippen LogP contribution in [0.25, 0.3) is 0 Å². The molecule has 31 heavy (non-hydrogen) atoms. The van der Waals surface area contributed by atoms with Crippen molar-refractivity contribution in [3.63, 3.8) is 0 Å². The van der Waals surface area contributed by atoms with Crippen LogP contribution in [-0.2, 0) is 14.3 Å². The van der Waals surface area contributed by atoms with Crippen LogP contribution in [0.15, 0.2) is 12.1 Å². The van der Waals surface area contributed by atoms with Crippen molar-refractivity contribution in [2.45, 2.75) is 78.1 Å². The Balaban J connectivity index is 2.18. The van der Waals surface area contributed by atoms with Crippen molar-refractivity contribution >= 4 is 17.9 Å². The van der Waals surface area contributed by atoms with E-state index in [1.54, 1.807) is 34.6 Å². The number of ether oxygens (including phenoxy) is 3. The minimum absolute atomic E-state index is 0.0378. The minimum atomic E-state index is -1.69. The van der Waals surface area contributed by atoms with Gasteiger partial charge < -0.3 is 24.4 Å². The average Bonchev–Trinajstić information content (AvgIpc) is 2.62. The Morgan fingerprint density at radius 3 is 2.13 bits per heavy atom. The predicted molar refractivity (Wildman–Crippen MR) is 108 cm³/mol. The van der Waals surface area contributed by atoms with Crippen LogP contribution in [0.2, 0.25) is 0 Å². The molecule has 0 heterocycles. The van der Waals surface area contributed by atoms with Crippen LogP contribution in [0.3, 0.4) is 0 Å². The van der Waals surface area contributed by atoms with E-state index in [0.717, 1.165) is 12.1 Å². The first kappa shape index (κ1) is 24.4. The molecule has 1 fully saturated rings. The van der Waals surface area contributed by atoms with Gasteiger partial charge >= 0.3 is 17.9 Å². The second-order valence-electron chi connectivity index (χ2n) is 8.96. The van der Waals surface area contributed by atoms with Gasteiger partial charge in [0.1, 0.15) is 16.9 Å². The van der Waals surface area contributed by atoms with Gasteiger partial charge in [0, 0.05) is 12.1 Å². The molecule has 0 spiro atoms. The maximum Gasteiger partial charge on any atom is 0.339 e. The number of aliphatic carboxylic acids is 1. The summed E-state index contributed by atoms with van der Waals surface area (Å²) in [4.78, 5) is 36.0. The van der Waals surface area contributed by atoms with Gasteiger partial charge in [-0.3, -0.25) is 9.59 Å². The number of carboxylic acid groups (broad SMARTS) is 2. The number of hydrogen-bond acceptors (Lipinski definition) is 6. The summed E-state index contributed by atoms with van der Waals surface area (Å²) >= 11 is 0. The number of halogens is 1. The van der Waals surface area contributed by atoms with Crippen molar-refractivity contribution in [2.75, 3.05) is 0 Å². The third-order valence-electron chi connectivity index (χ3n) is 4.91. The van der Waals surface area contributed by atoms with Crippen molar-refractivity contribution in [3.8, 4) is 11.5 Å². The number of carbonyl (C=O) groups is 3. The first-order valence-corrected chi connectivity index (χ1v) is 10.1. The average molecular weight is 440 g/mol. The number of esters is 1. The maximum atomic E-state index is 14.5. The van der Waals surface area contributed by atoms with Crippen molar-refractivity contribution in [2.24, 2.45) is 5.41 Å². The third kappa shape index (κ3) is 5.86. The maximum absolute atomic E-state index is 14.5. The van der Waals surface area contributed by atoms with E-state index >= 15 is 0 Å². The molecule has 2 N–H and O–H groups in total. The van der Waals surface area contributed by atoms with Crippen molar-refractivity contribution < 1.29 is 43.2 Å². The Bertz CT molecular complexity index is 848. The number of carbonyl (C=O) groups excluding carboxylic acids is 1. The SMILES string of the molecule is CC(C)Oc1cc(F)c(OC2CCC(C(=O)O)(C(=O)OC(C)(C)C)CC2)cc1C(=O)O. The predicted octanol–water partition coefficient (Wildman–Crippen LogP) is 4.05. The van der Waals surface area contributed by atoms with Gasteiger partial charge in [0.2, 0.25) is 0 Å². The number of carboxylic acids is 2. The van der Waals surface area contributed by atoms with Crippen molar-refractivity contribution in [3.05, 3.63) is 23.5 Å². The summed E-state index contributed by atoms with van der Waals surface area (Å²) in [5, 5.41) is 19.1. The Morgan fingerprint density at radius 2 is 1.68 bits per heavy atom. The molecule has 0 bridgehead atoms. The number of rotatable bonds is 7. The molecule has 0 unspecified atom stereocenters. The Hall–Kier alpha value is -2.84. The van der Waals surface area contributed by atoms with Gasteiger partial charge in [0.05, 0.1) is 12.2 Å². The van der Waals surface area contributed by atoms with Crippen LogP contribution >= 0.6 is 0 Å².